The summed E-state index contributed by atoms with van der Waals surface area (Å²) >= 11 is 1.09. The molecule has 0 saturated heterocycles. The lowest BCUT2D eigenvalue weighted by molar-refractivity contribution is -0.109. The Morgan fingerprint density at radius 2 is 2.17 bits per heavy atom. The van der Waals surface area contributed by atoms with E-state index in [0.29, 0.717) is 17.1 Å². The number of thioether (sulfide) groups is 1. The van der Waals surface area contributed by atoms with Crippen molar-refractivity contribution >= 4 is 22.8 Å². The average molecular weight is 264 g/mol. The maximum Gasteiger partial charge on any atom is 0.337 e. The number of ether oxygens (including phenoxy) is 1. The van der Waals surface area contributed by atoms with Crippen LogP contribution in [0.5, 0.6) is 5.75 Å². The minimum Gasteiger partial charge on any atom is -0.497 e. The average Bonchev–Trinajstić information content (AvgIpc) is 2.34. The van der Waals surface area contributed by atoms with Crippen LogP contribution in [0.15, 0.2) is 18.2 Å². The van der Waals surface area contributed by atoms with Gasteiger partial charge in [-0.3, -0.25) is 4.79 Å². The summed E-state index contributed by atoms with van der Waals surface area (Å²) in [6.07, 6.45) is 0. The van der Waals surface area contributed by atoms with Gasteiger partial charge in [-0.25, -0.2) is 4.79 Å². The summed E-state index contributed by atoms with van der Waals surface area (Å²) in [5.74, 6) is 5.25. The monoisotopic (exact) mass is 264 g/mol. The van der Waals surface area contributed by atoms with Gasteiger partial charge >= 0.3 is 5.97 Å². The van der Waals surface area contributed by atoms with Crippen LogP contribution < -0.4 is 4.74 Å². The summed E-state index contributed by atoms with van der Waals surface area (Å²) < 4.78 is 4.96. The highest BCUT2D eigenvalue weighted by Gasteiger charge is 2.09. The Kier molecular flexibility index (Phi) is 5.28. The summed E-state index contributed by atoms with van der Waals surface area (Å²) in [4.78, 5) is 21.7. The SMILES string of the molecule is COc1ccc(C#CCSC(C)=O)c(C(=O)O)c1. The molecule has 0 atom stereocenters. The molecule has 0 aliphatic carbocycles. The van der Waals surface area contributed by atoms with Crippen molar-refractivity contribution < 1.29 is 19.4 Å². The lowest BCUT2D eigenvalue weighted by Gasteiger charge is -2.03. The zero-order chi connectivity index (χ0) is 13.5. The molecule has 5 heteroatoms. The molecule has 18 heavy (non-hydrogen) atoms. The second-order valence-corrected chi connectivity index (χ2v) is 4.45. The van der Waals surface area contributed by atoms with Crippen molar-refractivity contribution in [2.24, 2.45) is 0 Å². The van der Waals surface area contributed by atoms with E-state index in [9.17, 15) is 9.59 Å². The van der Waals surface area contributed by atoms with E-state index < -0.39 is 5.97 Å². The van der Waals surface area contributed by atoms with Crippen LogP contribution in [0.1, 0.15) is 22.8 Å². The van der Waals surface area contributed by atoms with E-state index in [2.05, 4.69) is 11.8 Å². The van der Waals surface area contributed by atoms with Crippen molar-refractivity contribution in [2.45, 2.75) is 6.92 Å². The standard InChI is InChI=1S/C13H12O4S/c1-9(14)18-7-3-4-10-5-6-11(17-2)8-12(10)13(15)16/h5-6,8H,7H2,1-2H3,(H,15,16). The summed E-state index contributed by atoms with van der Waals surface area (Å²) in [6, 6.07) is 4.66. The highest BCUT2D eigenvalue weighted by atomic mass is 32.2. The molecule has 0 unspecified atom stereocenters. The van der Waals surface area contributed by atoms with Gasteiger partial charge in [-0.15, -0.1) is 0 Å². The molecule has 0 heterocycles. The predicted molar refractivity (Wildman–Crippen MR) is 70.0 cm³/mol. The minimum absolute atomic E-state index is 0.0162. The molecule has 4 nitrogen and oxygen atoms in total. The number of benzene rings is 1. The quantitative estimate of drug-likeness (QED) is 0.846. The number of hydrogen-bond donors (Lipinski definition) is 1. The Bertz CT molecular complexity index is 526. The van der Waals surface area contributed by atoms with Gasteiger partial charge in [0.1, 0.15) is 5.75 Å². The zero-order valence-corrected chi connectivity index (χ0v) is 10.8. The number of carboxylic acid groups (broad SMARTS) is 1. The van der Waals surface area contributed by atoms with Crippen molar-refractivity contribution in [2.75, 3.05) is 12.9 Å². The van der Waals surface area contributed by atoms with Crippen molar-refractivity contribution in [3.63, 3.8) is 0 Å². The molecule has 0 aromatic heterocycles. The third-order valence-electron chi connectivity index (χ3n) is 2.03. The van der Waals surface area contributed by atoms with Gasteiger partial charge in [0.05, 0.1) is 18.4 Å². The van der Waals surface area contributed by atoms with Gasteiger partial charge in [-0.2, -0.15) is 0 Å². The van der Waals surface area contributed by atoms with Crippen LogP contribution in [0.25, 0.3) is 0 Å². The van der Waals surface area contributed by atoms with Gasteiger partial charge in [0.2, 0.25) is 0 Å². The van der Waals surface area contributed by atoms with Crippen molar-refractivity contribution in [1.82, 2.24) is 0 Å². The van der Waals surface area contributed by atoms with Crippen LogP contribution in [0.4, 0.5) is 0 Å². The largest absolute Gasteiger partial charge is 0.497 e. The van der Waals surface area contributed by atoms with Crippen LogP contribution >= 0.6 is 11.8 Å². The Hall–Kier alpha value is -1.93. The summed E-state index contributed by atoms with van der Waals surface area (Å²) in [5.41, 5.74) is 0.502. The molecule has 0 aliphatic rings. The first-order chi connectivity index (χ1) is 8.54. The second kappa shape index (κ2) is 6.72. The van der Waals surface area contributed by atoms with Gasteiger partial charge in [-0.05, 0) is 18.2 Å². The minimum atomic E-state index is -1.06. The molecule has 1 aromatic rings. The molecule has 1 rings (SSSR count). The molecule has 1 N–H and O–H groups in total. The number of carbonyl (C=O) groups is 2. The van der Waals surface area contributed by atoms with Crippen molar-refractivity contribution in [1.29, 1.82) is 0 Å². The molecular weight excluding hydrogens is 252 g/mol. The number of rotatable bonds is 3. The van der Waals surface area contributed by atoms with Gasteiger partial charge in [-0.1, -0.05) is 23.6 Å². The van der Waals surface area contributed by atoms with Crippen LogP contribution in [0.2, 0.25) is 0 Å². The fourth-order valence-electron chi connectivity index (χ4n) is 1.21. The highest BCUT2D eigenvalue weighted by molar-refractivity contribution is 8.13. The van der Waals surface area contributed by atoms with Gasteiger partial charge in [0, 0.05) is 12.5 Å². The van der Waals surface area contributed by atoms with E-state index in [0.717, 1.165) is 11.8 Å². The Morgan fingerprint density at radius 1 is 1.44 bits per heavy atom. The second-order valence-electron chi connectivity index (χ2n) is 3.30. The molecule has 0 amide bonds. The third-order valence-corrected chi connectivity index (χ3v) is 2.72. The van der Waals surface area contributed by atoms with E-state index in [-0.39, 0.29) is 10.7 Å². The fraction of sp³-hybridized carbons (Fsp3) is 0.231. The van der Waals surface area contributed by atoms with Gasteiger partial charge < -0.3 is 9.84 Å². The van der Waals surface area contributed by atoms with Gasteiger partial charge in [0.15, 0.2) is 5.12 Å². The summed E-state index contributed by atoms with van der Waals surface area (Å²) in [7, 11) is 1.47. The molecule has 0 aliphatic heterocycles. The number of carboxylic acids is 1. The van der Waals surface area contributed by atoms with Crippen molar-refractivity contribution in [3.05, 3.63) is 29.3 Å². The lowest BCUT2D eigenvalue weighted by Crippen LogP contribution is -2.00. The smallest absolute Gasteiger partial charge is 0.337 e. The first-order valence-electron chi connectivity index (χ1n) is 5.08. The van der Waals surface area contributed by atoms with Crippen LogP contribution in [-0.4, -0.2) is 29.1 Å². The van der Waals surface area contributed by atoms with E-state index in [1.807, 2.05) is 0 Å². The maximum absolute atomic E-state index is 11.0. The predicted octanol–water partition coefficient (Wildman–Crippen LogP) is 2.02. The third kappa shape index (κ3) is 4.15. The number of carbonyl (C=O) groups excluding carboxylic acids is 1. The maximum atomic E-state index is 11.0. The Labute approximate surface area is 109 Å². The molecule has 1 aromatic carbocycles. The molecule has 0 bridgehead atoms. The van der Waals surface area contributed by atoms with Crippen LogP contribution in [-0.2, 0) is 4.79 Å². The number of hydrogen-bond acceptors (Lipinski definition) is 4. The molecule has 94 valence electrons. The topological polar surface area (TPSA) is 63.6 Å². The lowest BCUT2D eigenvalue weighted by atomic mass is 10.1. The number of methoxy groups -OCH3 is 1. The summed E-state index contributed by atoms with van der Waals surface area (Å²) in [5, 5.41) is 9.03. The molecule has 0 saturated carbocycles. The zero-order valence-electron chi connectivity index (χ0n) is 10.0. The summed E-state index contributed by atoms with van der Waals surface area (Å²) in [6.45, 7) is 1.46. The van der Waals surface area contributed by atoms with E-state index in [4.69, 9.17) is 9.84 Å². The normalized spacial score (nSPS) is 9.22. The first-order valence-corrected chi connectivity index (χ1v) is 6.06. The van der Waals surface area contributed by atoms with E-state index in [1.165, 1.54) is 20.1 Å². The van der Waals surface area contributed by atoms with E-state index >= 15 is 0 Å². The van der Waals surface area contributed by atoms with Crippen LogP contribution in [0.3, 0.4) is 0 Å². The first kappa shape index (κ1) is 14.1. The molecule has 0 fully saturated rings. The van der Waals surface area contributed by atoms with E-state index in [1.54, 1.807) is 12.1 Å². The molecule has 0 spiro atoms. The number of aromatic carboxylic acids is 1. The molecule has 0 radical (unpaired) electrons. The highest BCUT2D eigenvalue weighted by Crippen LogP contribution is 2.17. The van der Waals surface area contributed by atoms with Crippen LogP contribution in [0, 0.1) is 11.8 Å². The fourth-order valence-corrected chi connectivity index (χ4v) is 1.55. The van der Waals surface area contributed by atoms with Crippen molar-refractivity contribution in [3.8, 4) is 17.6 Å². The van der Waals surface area contributed by atoms with Gasteiger partial charge in [0.25, 0.3) is 0 Å². The Morgan fingerprint density at radius 3 is 2.72 bits per heavy atom. The molecular formula is C13H12O4S. The Balaban J connectivity index is 2.94.